The van der Waals surface area contributed by atoms with Crippen LogP contribution in [0, 0.1) is 5.41 Å². The lowest BCUT2D eigenvalue weighted by Crippen LogP contribution is -2.39. The summed E-state index contributed by atoms with van der Waals surface area (Å²) in [5.74, 6) is 0.569. The van der Waals surface area contributed by atoms with Crippen molar-refractivity contribution >= 4 is 23.8 Å². The summed E-state index contributed by atoms with van der Waals surface area (Å²) in [7, 11) is 0. The Morgan fingerprint density at radius 2 is 2.00 bits per heavy atom. The molecule has 2 rings (SSSR count). The Hall–Kier alpha value is -2.16. The highest BCUT2D eigenvalue weighted by atomic mass is 16.5. The molecule has 116 valence electrons. The van der Waals surface area contributed by atoms with E-state index in [1.807, 2.05) is 4.90 Å². The second-order valence-electron chi connectivity index (χ2n) is 5.52. The van der Waals surface area contributed by atoms with Crippen molar-refractivity contribution in [2.45, 2.75) is 13.8 Å². The van der Waals surface area contributed by atoms with Crippen LogP contribution in [0.15, 0.2) is 0 Å². The fraction of sp³-hybridized carbons (Fsp3) is 0.667. The van der Waals surface area contributed by atoms with Crippen LogP contribution < -0.4 is 21.7 Å². The molecule has 1 aliphatic heterocycles. The molecule has 0 bridgehead atoms. The molecule has 0 aliphatic carbocycles. The van der Waals surface area contributed by atoms with Gasteiger partial charge in [-0.25, -0.2) is 0 Å². The number of nitrogen functional groups attached to an aromatic ring is 1. The molecule has 0 aromatic carbocycles. The zero-order valence-electron chi connectivity index (χ0n) is 12.3. The number of carbonyl (C=O) groups is 1. The van der Waals surface area contributed by atoms with E-state index in [-0.39, 0.29) is 5.95 Å². The molecule has 0 atom stereocenters. The summed E-state index contributed by atoms with van der Waals surface area (Å²) >= 11 is 0. The normalized spacial score (nSPS) is 15.8. The number of carbonyl (C=O) groups excluding carboxylic acids is 1. The van der Waals surface area contributed by atoms with Gasteiger partial charge in [-0.05, 0) is 13.8 Å². The Morgan fingerprint density at radius 3 is 2.62 bits per heavy atom. The molecule has 0 spiro atoms. The summed E-state index contributed by atoms with van der Waals surface area (Å²) in [5, 5.41) is 2.99. The largest absolute Gasteiger partial charge is 0.378 e. The summed E-state index contributed by atoms with van der Waals surface area (Å²) < 4.78 is 5.29. The fourth-order valence-electron chi connectivity index (χ4n) is 1.75. The Balaban J connectivity index is 2.09. The van der Waals surface area contributed by atoms with Gasteiger partial charge >= 0.3 is 0 Å². The van der Waals surface area contributed by atoms with E-state index in [1.54, 1.807) is 13.8 Å². The van der Waals surface area contributed by atoms with Crippen LogP contribution in [0.2, 0.25) is 0 Å². The molecular weight excluding hydrogens is 274 g/mol. The first-order valence-corrected chi connectivity index (χ1v) is 6.76. The van der Waals surface area contributed by atoms with Crippen molar-refractivity contribution in [1.29, 1.82) is 0 Å². The number of amides is 1. The Morgan fingerprint density at radius 1 is 1.33 bits per heavy atom. The molecule has 5 N–H and O–H groups in total. The monoisotopic (exact) mass is 295 g/mol. The zero-order valence-corrected chi connectivity index (χ0v) is 12.3. The average Bonchev–Trinajstić information content (AvgIpc) is 2.45. The van der Waals surface area contributed by atoms with Crippen molar-refractivity contribution in [2.75, 3.05) is 48.8 Å². The molecule has 1 aromatic rings. The molecule has 9 heteroatoms. The van der Waals surface area contributed by atoms with Crippen molar-refractivity contribution in [1.82, 2.24) is 15.0 Å². The van der Waals surface area contributed by atoms with Gasteiger partial charge in [-0.15, -0.1) is 0 Å². The highest BCUT2D eigenvalue weighted by Gasteiger charge is 2.25. The van der Waals surface area contributed by atoms with Crippen LogP contribution in [0.25, 0.3) is 0 Å². The third-order valence-electron chi connectivity index (χ3n) is 3.29. The van der Waals surface area contributed by atoms with E-state index in [1.165, 1.54) is 0 Å². The van der Waals surface area contributed by atoms with Gasteiger partial charge in [0, 0.05) is 19.6 Å². The molecule has 1 amide bonds. The Bertz CT molecular complexity index is 514. The van der Waals surface area contributed by atoms with E-state index in [0.29, 0.717) is 44.7 Å². The van der Waals surface area contributed by atoms with E-state index < -0.39 is 11.3 Å². The predicted octanol–water partition coefficient (Wildman–Crippen LogP) is -0.786. The number of primary amides is 1. The number of hydrogen-bond acceptors (Lipinski definition) is 8. The Labute approximate surface area is 123 Å². The van der Waals surface area contributed by atoms with Gasteiger partial charge in [0.25, 0.3) is 0 Å². The van der Waals surface area contributed by atoms with Crippen LogP contribution in [0.4, 0.5) is 17.8 Å². The number of nitrogens with one attached hydrogen (secondary N) is 1. The molecule has 1 aliphatic rings. The van der Waals surface area contributed by atoms with Crippen LogP contribution in [0.5, 0.6) is 0 Å². The van der Waals surface area contributed by atoms with Crippen molar-refractivity contribution in [3.8, 4) is 0 Å². The zero-order chi connectivity index (χ0) is 15.5. The lowest BCUT2D eigenvalue weighted by molar-refractivity contribution is -0.125. The summed E-state index contributed by atoms with van der Waals surface area (Å²) in [6.07, 6.45) is 0. The van der Waals surface area contributed by atoms with Gasteiger partial charge < -0.3 is 26.4 Å². The molecular formula is C12H21N7O2. The minimum atomic E-state index is -0.708. The van der Waals surface area contributed by atoms with E-state index in [4.69, 9.17) is 16.2 Å². The van der Waals surface area contributed by atoms with Crippen molar-refractivity contribution in [2.24, 2.45) is 11.1 Å². The third-order valence-corrected chi connectivity index (χ3v) is 3.29. The number of hydrogen-bond donors (Lipinski definition) is 3. The molecule has 1 aromatic heterocycles. The van der Waals surface area contributed by atoms with Gasteiger partial charge in [-0.3, -0.25) is 4.79 Å². The van der Waals surface area contributed by atoms with Gasteiger partial charge in [0.15, 0.2) is 0 Å². The first-order valence-electron chi connectivity index (χ1n) is 6.76. The second-order valence-corrected chi connectivity index (χ2v) is 5.52. The van der Waals surface area contributed by atoms with Gasteiger partial charge in [0.2, 0.25) is 23.8 Å². The lowest BCUT2D eigenvalue weighted by atomic mass is 9.93. The molecule has 2 heterocycles. The van der Waals surface area contributed by atoms with Crippen LogP contribution in [0.1, 0.15) is 13.8 Å². The van der Waals surface area contributed by atoms with Crippen molar-refractivity contribution < 1.29 is 9.53 Å². The van der Waals surface area contributed by atoms with Gasteiger partial charge in [0.05, 0.1) is 18.6 Å². The summed E-state index contributed by atoms with van der Waals surface area (Å²) in [4.78, 5) is 25.8. The number of rotatable bonds is 5. The predicted molar refractivity (Wildman–Crippen MR) is 78.7 cm³/mol. The number of ether oxygens (including phenoxy) is 1. The first kappa shape index (κ1) is 15.2. The number of nitrogens with zero attached hydrogens (tertiary/aromatic N) is 4. The molecule has 0 unspecified atom stereocenters. The molecule has 0 radical (unpaired) electrons. The first-order chi connectivity index (χ1) is 9.88. The van der Waals surface area contributed by atoms with Crippen molar-refractivity contribution in [3.05, 3.63) is 0 Å². The number of aromatic nitrogens is 3. The third kappa shape index (κ3) is 3.91. The Kier molecular flexibility index (Phi) is 4.41. The summed E-state index contributed by atoms with van der Waals surface area (Å²) in [5.41, 5.74) is 10.3. The van der Waals surface area contributed by atoms with Crippen LogP contribution in [0.3, 0.4) is 0 Å². The minimum absolute atomic E-state index is 0.130. The van der Waals surface area contributed by atoms with E-state index in [9.17, 15) is 4.79 Å². The van der Waals surface area contributed by atoms with Crippen molar-refractivity contribution in [3.63, 3.8) is 0 Å². The minimum Gasteiger partial charge on any atom is -0.378 e. The smallest absolute Gasteiger partial charge is 0.232 e. The highest BCUT2D eigenvalue weighted by Crippen LogP contribution is 2.17. The molecule has 9 nitrogen and oxygen atoms in total. The molecule has 1 fully saturated rings. The lowest BCUT2D eigenvalue weighted by Gasteiger charge is -2.27. The SMILES string of the molecule is CC(C)(CNc1nc(N)nc(N2CCOCC2)n1)C(N)=O. The van der Waals surface area contributed by atoms with E-state index in [2.05, 4.69) is 20.3 Å². The van der Waals surface area contributed by atoms with Crippen LogP contribution in [-0.4, -0.2) is 53.7 Å². The maximum atomic E-state index is 11.3. The summed E-state index contributed by atoms with van der Waals surface area (Å²) in [6, 6.07) is 0. The number of nitrogens with two attached hydrogens (primary N) is 2. The fourth-order valence-corrected chi connectivity index (χ4v) is 1.75. The van der Waals surface area contributed by atoms with E-state index >= 15 is 0 Å². The maximum Gasteiger partial charge on any atom is 0.232 e. The van der Waals surface area contributed by atoms with Gasteiger partial charge in [-0.2, -0.15) is 15.0 Å². The van der Waals surface area contributed by atoms with Crippen LogP contribution >= 0.6 is 0 Å². The summed E-state index contributed by atoms with van der Waals surface area (Å²) in [6.45, 7) is 6.47. The van der Waals surface area contributed by atoms with Gasteiger partial charge in [0.1, 0.15) is 0 Å². The molecule has 1 saturated heterocycles. The second kappa shape index (κ2) is 6.08. The van der Waals surface area contributed by atoms with Gasteiger partial charge in [-0.1, -0.05) is 0 Å². The molecule has 0 saturated carbocycles. The molecule has 21 heavy (non-hydrogen) atoms. The number of anilines is 3. The standard InChI is InChI=1S/C12H21N7O2/c1-12(2,8(13)20)7-15-10-16-9(14)17-11(18-10)19-3-5-21-6-4-19/h3-7H2,1-2H3,(H2,13,20)(H3,14,15,16,17,18). The highest BCUT2D eigenvalue weighted by molar-refractivity contribution is 5.80. The van der Waals surface area contributed by atoms with E-state index in [0.717, 1.165) is 0 Å². The van der Waals surface area contributed by atoms with Crippen LogP contribution in [-0.2, 0) is 9.53 Å². The maximum absolute atomic E-state index is 11.3. The topological polar surface area (TPSA) is 132 Å². The number of morpholine rings is 1. The average molecular weight is 295 g/mol. The quantitative estimate of drug-likeness (QED) is 0.644.